The van der Waals surface area contributed by atoms with Gasteiger partial charge in [-0.2, -0.15) is 0 Å². The average Bonchev–Trinajstić information content (AvgIpc) is 3.12. The Bertz CT molecular complexity index is 1300. The van der Waals surface area contributed by atoms with Crippen molar-refractivity contribution in [1.82, 2.24) is 19.4 Å². The molecule has 0 saturated carbocycles. The van der Waals surface area contributed by atoms with E-state index in [0.717, 1.165) is 13.0 Å². The van der Waals surface area contributed by atoms with E-state index in [1.165, 1.54) is 15.5 Å². The number of hydrogen-bond acceptors (Lipinski definition) is 3. The zero-order valence-electron chi connectivity index (χ0n) is 15.4. The Morgan fingerprint density at radius 3 is 2.86 bits per heavy atom. The van der Waals surface area contributed by atoms with Crippen molar-refractivity contribution in [3.05, 3.63) is 75.4 Å². The molecule has 0 spiro atoms. The molecule has 4 rings (SSSR count). The molecule has 0 aliphatic rings. The summed E-state index contributed by atoms with van der Waals surface area (Å²) in [6.45, 7) is 1.39. The van der Waals surface area contributed by atoms with Gasteiger partial charge in [0.2, 0.25) is 0 Å². The molecule has 142 valence electrons. The van der Waals surface area contributed by atoms with Gasteiger partial charge in [0.1, 0.15) is 0 Å². The lowest BCUT2D eigenvalue weighted by Crippen LogP contribution is -2.25. The van der Waals surface area contributed by atoms with Crippen LogP contribution in [-0.2, 0) is 13.6 Å². The predicted octanol–water partition coefficient (Wildman–Crippen LogP) is 3.37. The fraction of sp³-hybridized carbons (Fsp3) is 0.190. The summed E-state index contributed by atoms with van der Waals surface area (Å²) < 4.78 is 3.89. The van der Waals surface area contributed by atoms with E-state index in [9.17, 15) is 9.59 Å². The second-order valence-corrected chi connectivity index (χ2v) is 7.12. The molecule has 6 nitrogen and oxygen atoms in total. The van der Waals surface area contributed by atoms with Crippen LogP contribution >= 0.6 is 12.2 Å². The highest BCUT2D eigenvalue weighted by Gasteiger charge is 2.09. The van der Waals surface area contributed by atoms with Gasteiger partial charge >= 0.3 is 0 Å². The summed E-state index contributed by atoms with van der Waals surface area (Å²) in [5.41, 5.74) is 2.09. The lowest BCUT2D eigenvalue weighted by atomic mass is 10.1. The average molecular weight is 392 g/mol. The summed E-state index contributed by atoms with van der Waals surface area (Å²) in [6, 6.07) is 15.3. The van der Waals surface area contributed by atoms with Crippen LogP contribution in [0.15, 0.2) is 59.5 Å². The normalized spacial score (nSPS) is 11.2. The molecule has 7 heteroatoms. The molecule has 1 amide bonds. The van der Waals surface area contributed by atoms with Gasteiger partial charge in [-0.05, 0) is 54.4 Å². The summed E-state index contributed by atoms with van der Waals surface area (Å²) >= 11 is 5.14. The third-order valence-electron chi connectivity index (χ3n) is 4.90. The van der Waals surface area contributed by atoms with Crippen LogP contribution in [0.2, 0.25) is 0 Å². The highest BCUT2D eigenvalue weighted by molar-refractivity contribution is 7.71. The topological polar surface area (TPSA) is 71.8 Å². The maximum Gasteiger partial charge on any atom is 0.261 e. The minimum atomic E-state index is -0.176. The monoisotopic (exact) mass is 392 g/mol. The molecule has 0 radical (unpaired) electrons. The van der Waals surface area contributed by atoms with Crippen molar-refractivity contribution >= 4 is 39.9 Å². The summed E-state index contributed by atoms with van der Waals surface area (Å²) in [6.07, 6.45) is 2.89. The first-order valence-electron chi connectivity index (χ1n) is 9.10. The summed E-state index contributed by atoms with van der Waals surface area (Å²) in [7, 11) is 1.62. The summed E-state index contributed by atoms with van der Waals surface area (Å²) in [4.78, 5) is 27.7. The number of H-pyrrole nitrogens is 1. The number of fused-ring (bicyclic) bond motifs is 2. The molecule has 28 heavy (non-hydrogen) atoms. The number of rotatable bonds is 5. The fourth-order valence-corrected chi connectivity index (χ4v) is 3.53. The number of aromatic amines is 1. The van der Waals surface area contributed by atoms with Crippen molar-refractivity contribution in [3.8, 4) is 0 Å². The minimum absolute atomic E-state index is 0.167. The maximum absolute atomic E-state index is 12.5. The molecule has 2 aromatic carbocycles. The second kappa shape index (κ2) is 7.44. The number of aryl methyl sites for hydroxylation is 1. The molecular weight excluding hydrogens is 372 g/mol. The molecule has 2 N–H and O–H groups in total. The van der Waals surface area contributed by atoms with Crippen molar-refractivity contribution in [3.63, 3.8) is 0 Å². The Morgan fingerprint density at radius 2 is 2.00 bits per heavy atom. The Hall–Kier alpha value is -3.19. The first-order chi connectivity index (χ1) is 13.5. The van der Waals surface area contributed by atoms with Crippen molar-refractivity contribution in [2.75, 3.05) is 6.54 Å². The van der Waals surface area contributed by atoms with Crippen molar-refractivity contribution < 1.29 is 4.79 Å². The van der Waals surface area contributed by atoms with Crippen molar-refractivity contribution in [2.24, 2.45) is 7.05 Å². The molecule has 4 aromatic rings. The van der Waals surface area contributed by atoms with E-state index < -0.39 is 0 Å². The number of carbonyl (C=O) groups is 1. The number of para-hydroxylation sites is 1. The van der Waals surface area contributed by atoms with E-state index in [2.05, 4.69) is 39.3 Å². The Labute approximate surface area is 166 Å². The number of amides is 1. The van der Waals surface area contributed by atoms with E-state index in [0.29, 0.717) is 27.8 Å². The molecule has 2 heterocycles. The number of nitrogens with one attached hydrogen (secondary N) is 2. The molecule has 0 aliphatic heterocycles. The van der Waals surface area contributed by atoms with Gasteiger partial charge in [-0.1, -0.05) is 18.2 Å². The van der Waals surface area contributed by atoms with Gasteiger partial charge in [-0.15, -0.1) is 0 Å². The second-order valence-electron chi connectivity index (χ2n) is 6.73. The summed E-state index contributed by atoms with van der Waals surface area (Å²) in [5.74, 6) is -0.167. The third-order valence-corrected chi connectivity index (χ3v) is 5.28. The zero-order valence-corrected chi connectivity index (χ0v) is 16.3. The molecule has 2 aromatic heterocycles. The van der Waals surface area contributed by atoms with E-state index in [-0.39, 0.29) is 11.5 Å². The van der Waals surface area contributed by atoms with Crippen LogP contribution in [0.25, 0.3) is 21.8 Å². The van der Waals surface area contributed by atoms with Crippen LogP contribution < -0.4 is 10.9 Å². The van der Waals surface area contributed by atoms with Crippen molar-refractivity contribution in [1.29, 1.82) is 0 Å². The standard InChI is InChI=1S/C21H20N4O2S/c1-24-20(27)16-8-7-15(13-17(16)23-21(24)28)19(26)22-10-4-11-25-12-9-14-5-2-3-6-18(14)25/h2-3,5-9,12-13H,4,10-11H2,1H3,(H,22,26)(H,23,28). The minimum Gasteiger partial charge on any atom is -0.352 e. The largest absolute Gasteiger partial charge is 0.352 e. The van der Waals surface area contributed by atoms with Crippen molar-refractivity contribution in [2.45, 2.75) is 13.0 Å². The van der Waals surface area contributed by atoms with Gasteiger partial charge in [-0.25, -0.2) is 0 Å². The van der Waals surface area contributed by atoms with Crippen LogP contribution in [0.5, 0.6) is 0 Å². The van der Waals surface area contributed by atoms with Gasteiger partial charge < -0.3 is 14.9 Å². The van der Waals surface area contributed by atoms with Crippen LogP contribution in [0.1, 0.15) is 16.8 Å². The highest BCUT2D eigenvalue weighted by Crippen LogP contribution is 2.15. The number of nitrogens with zero attached hydrogens (tertiary/aromatic N) is 2. The summed E-state index contributed by atoms with van der Waals surface area (Å²) in [5, 5.41) is 4.66. The molecule has 0 unspecified atom stereocenters. The lowest BCUT2D eigenvalue weighted by molar-refractivity contribution is 0.0953. The van der Waals surface area contributed by atoms with E-state index >= 15 is 0 Å². The van der Waals surface area contributed by atoms with Gasteiger partial charge in [0.25, 0.3) is 11.5 Å². The van der Waals surface area contributed by atoms with Crippen LogP contribution in [0.4, 0.5) is 0 Å². The molecule has 0 atom stereocenters. The first kappa shape index (κ1) is 18.2. The Balaban J connectivity index is 1.42. The van der Waals surface area contributed by atoms with Crippen LogP contribution in [0.3, 0.4) is 0 Å². The Morgan fingerprint density at radius 1 is 1.18 bits per heavy atom. The molecule has 0 aliphatic carbocycles. The van der Waals surface area contributed by atoms with Gasteiger partial charge in [0.05, 0.1) is 10.9 Å². The van der Waals surface area contributed by atoms with Crippen LogP contribution in [-0.4, -0.2) is 26.6 Å². The first-order valence-corrected chi connectivity index (χ1v) is 9.50. The number of aromatic nitrogens is 3. The van der Waals surface area contributed by atoms with E-state index in [1.54, 1.807) is 25.2 Å². The zero-order chi connectivity index (χ0) is 19.7. The molecular formula is C21H20N4O2S. The smallest absolute Gasteiger partial charge is 0.261 e. The Kier molecular flexibility index (Phi) is 4.83. The van der Waals surface area contributed by atoms with E-state index in [4.69, 9.17) is 12.2 Å². The molecule has 0 saturated heterocycles. The quantitative estimate of drug-likeness (QED) is 0.404. The highest BCUT2D eigenvalue weighted by atomic mass is 32.1. The lowest BCUT2D eigenvalue weighted by Gasteiger charge is -2.08. The number of hydrogen-bond donors (Lipinski definition) is 2. The fourth-order valence-electron chi connectivity index (χ4n) is 3.34. The third kappa shape index (κ3) is 3.36. The van der Waals surface area contributed by atoms with Gasteiger partial charge in [0.15, 0.2) is 4.77 Å². The van der Waals surface area contributed by atoms with Gasteiger partial charge in [-0.3, -0.25) is 14.2 Å². The predicted molar refractivity (Wildman–Crippen MR) is 113 cm³/mol. The van der Waals surface area contributed by atoms with E-state index in [1.807, 2.05) is 12.1 Å². The molecule has 0 bridgehead atoms. The molecule has 0 fully saturated rings. The SMILES string of the molecule is Cn1c(=S)[nH]c2cc(C(=O)NCCCn3ccc4ccccc43)ccc2c1=O. The number of benzene rings is 2. The number of carbonyl (C=O) groups excluding carboxylic acids is 1. The maximum atomic E-state index is 12.5. The van der Waals surface area contributed by atoms with Gasteiger partial charge in [0, 0.05) is 37.4 Å². The van der Waals surface area contributed by atoms with Crippen LogP contribution in [0, 0.1) is 4.77 Å².